The molecule has 1 amide bonds. The quantitative estimate of drug-likeness (QED) is 0.906. The molecule has 1 aromatic heterocycles. The zero-order chi connectivity index (χ0) is 16.8. The second kappa shape index (κ2) is 5.95. The number of benzene rings is 1. The van der Waals surface area contributed by atoms with E-state index in [1.807, 2.05) is 30.3 Å². The van der Waals surface area contributed by atoms with Crippen LogP contribution in [0, 0.1) is 0 Å². The van der Waals surface area contributed by atoms with Gasteiger partial charge in [0.15, 0.2) is 0 Å². The molecule has 1 N–H and O–H groups in total. The summed E-state index contributed by atoms with van der Waals surface area (Å²) < 4.78 is 2.27. The predicted octanol–water partition coefficient (Wildman–Crippen LogP) is 1.99. The lowest BCUT2D eigenvalue weighted by molar-refractivity contribution is -0.127. The molecule has 1 atom stereocenters. The van der Waals surface area contributed by atoms with Crippen LogP contribution >= 0.6 is 0 Å². The Balaban J connectivity index is 1.41. The third-order valence-corrected chi connectivity index (χ3v) is 5.41. The van der Waals surface area contributed by atoms with Gasteiger partial charge in [-0.15, -0.1) is 10.2 Å². The van der Waals surface area contributed by atoms with Crippen LogP contribution in [0.25, 0.3) is 0 Å². The monoisotopic (exact) mass is 337 g/mol. The molecule has 0 saturated heterocycles. The van der Waals surface area contributed by atoms with Gasteiger partial charge in [0.25, 0.3) is 0 Å². The Bertz CT molecular complexity index is 778. The average Bonchev–Trinajstić information content (AvgIpc) is 3.56. The first-order valence-corrected chi connectivity index (χ1v) is 9.31. The molecule has 2 fully saturated rings. The minimum atomic E-state index is -0.253. The highest BCUT2D eigenvalue weighted by molar-refractivity contribution is 5.83. The van der Waals surface area contributed by atoms with Gasteiger partial charge in [-0.25, -0.2) is 0 Å². The molecule has 2 saturated carbocycles. The molecule has 0 spiro atoms. The number of hydrogen-bond acceptors (Lipinski definition) is 4. The molecular formula is C19H23N5O. The molecule has 2 aliphatic carbocycles. The van der Waals surface area contributed by atoms with Gasteiger partial charge in [-0.05, 0) is 31.2 Å². The van der Waals surface area contributed by atoms with Crippen molar-refractivity contribution in [1.82, 2.24) is 25.0 Å². The third-order valence-electron chi connectivity index (χ3n) is 5.41. The number of carbonyl (C=O) groups is 1. The first kappa shape index (κ1) is 15.1. The standard InChI is InChI=1S/C19H23N5O/c25-19(20-15-8-9-15)17(13-4-2-1-3-5-13)23-10-11-24-16(12-23)21-22-18(24)14-6-7-14/h1-5,14-15,17H,6-12H2,(H,20,25)/t17-/m1/s1. The van der Waals surface area contributed by atoms with Crippen molar-refractivity contribution in [3.63, 3.8) is 0 Å². The van der Waals surface area contributed by atoms with Crippen LogP contribution in [0.1, 0.15) is 54.9 Å². The normalized spacial score (nSPS) is 21.6. The van der Waals surface area contributed by atoms with Crippen LogP contribution in [0.15, 0.2) is 30.3 Å². The fourth-order valence-electron chi connectivity index (χ4n) is 3.73. The van der Waals surface area contributed by atoms with Crippen molar-refractivity contribution < 1.29 is 4.79 Å². The number of carbonyl (C=O) groups excluding carboxylic acids is 1. The van der Waals surface area contributed by atoms with Gasteiger partial charge in [0.1, 0.15) is 17.7 Å². The molecule has 25 heavy (non-hydrogen) atoms. The molecule has 0 unspecified atom stereocenters. The van der Waals surface area contributed by atoms with Gasteiger partial charge in [0.2, 0.25) is 5.91 Å². The van der Waals surface area contributed by atoms with E-state index >= 15 is 0 Å². The van der Waals surface area contributed by atoms with E-state index in [0.29, 0.717) is 18.5 Å². The molecule has 2 aromatic rings. The van der Waals surface area contributed by atoms with Gasteiger partial charge in [0.05, 0.1) is 6.54 Å². The van der Waals surface area contributed by atoms with E-state index in [4.69, 9.17) is 0 Å². The average molecular weight is 337 g/mol. The number of nitrogens with one attached hydrogen (secondary N) is 1. The highest BCUT2D eigenvalue weighted by atomic mass is 16.2. The second-order valence-electron chi connectivity index (χ2n) is 7.47. The molecule has 6 heteroatoms. The van der Waals surface area contributed by atoms with E-state index in [-0.39, 0.29) is 11.9 Å². The summed E-state index contributed by atoms with van der Waals surface area (Å²) in [5.74, 6) is 2.86. The summed E-state index contributed by atoms with van der Waals surface area (Å²) in [6.45, 7) is 2.40. The van der Waals surface area contributed by atoms with Crippen molar-refractivity contribution in [2.24, 2.45) is 0 Å². The molecular weight excluding hydrogens is 314 g/mol. The summed E-state index contributed by atoms with van der Waals surface area (Å²) >= 11 is 0. The highest BCUT2D eigenvalue weighted by Gasteiger charge is 2.36. The van der Waals surface area contributed by atoms with E-state index in [1.54, 1.807) is 0 Å². The van der Waals surface area contributed by atoms with Crippen LogP contribution < -0.4 is 5.32 Å². The Hall–Kier alpha value is -2.21. The Labute approximate surface area is 147 Å². The fourth-order valence-corrected chi connectivity index (χ4v) is 3.73. The first-order valence-electron chi connectivity index (χ1n) is 9.31. The smallest absolute Gasteiger partial charge is 0.242 e. The third kappa shape index (κ3) is 2.95. The van der Waals surface area contributed by atoms with Crippen molar-refractivity contribution in [3.8, 4) is 0 Å². The summed E-state index contributed by atoms with van der Waals surface area (Å²) in [5, 5.41) is 12.0. The number of nitrogens with zero attached hydrogens (tertiary/aromatic N) is 4. The van der Waals surface area contributed by atoms with E-state index in [9.17, 15) is 4.79 Å². The summed E-state index contributed by atoms with van der Waals surface area (Å²) in [6, 6.07) is 10.2. The van der Waals surface area contributed by atoms with E-state index in [2.05, 4.69) is 25.0 Å². The van der Waals surface area contributed by atoms with Gasteiger partial charge < -0.3 is 9.88 Å². The molecule has 2 heterocycles. The SMILES string of the molecule is O=C(NC1CC1)[C@@H](c1ccccc1)N1CCn2c(nnc2C2CC2)C1. The second-order valence-corrected chi connectivity index (χ2v) is 7.47. The minimum Gasteiger partial charge on any atom is -0.352 e. The molecule has 130 valence electrons. The molecule has 6 nitrogen and oxygen atoms in total. The Morgan fingerprint density at radius 3 is 2.60 bits per heavy atom. The van der Waals surface area contributed by atoms with Crippen LogP contribution in [0.3, 0.4) is 0 Å². The van der Waals surface area contributed by atoms with Crippen molar-refractivity contribution in [2.45, 2.75) is 56.8 Å². The Kier molecular flexibility index (Phi) is 3.59. The topological polar surface area (TPSA) is 63.1 Å². The number of hydrogen-bond donors (Lipinski definition) is 1. The zero-order valence-electron chi connectivity index (χ0n) is 14.3. The number of fused-ring (bicyclic) bond motifs is 1. The van der Waals surface area contributed by atoms with Crippen LogP contribution in [0.2, 0.25) is 0 Å². The van der Waals surface area contributed by atoms with Crippen molar-refractivity contribution >= 4 is 5.91 Å². The maximum absolute atomic E-state index is 12.9. The maximum Gasteiger partial charge on any atom is 0.242 e. The van der Waals surface area contributed by atoms with Gasteiger partial charge >= 0.3 is 0 Å². The predicted molar refractivity (Wildman–Crippen MR) is 92.8 cm³/mol. The summed E-state index contributed by atoms with van der Waals surface area (Å²) in [4.78, 5) is 15.2. The van der Waals surface area contributed by atoms with Crippen molar-refractivity contribution in [3.05, 3.63) is 47.5 Å². The van der Waals surface area contributed by atoms with Crippen LogP contribution in [0.5, 0.6) is 0 Å². The number of rotatable bonds is 5. The highest BCUT2D eigenvalue weighted by Crippen LogP contribution is 2.40. The minimum absolute atomic E-state index is 0.115. The van der Waals surface area contributed by atoms with Crippen LogP contribution in [-0.2, 0) is 17.9 Å². The van der Waals surface area contributed by atoms with Crippen molar-refractivity contribution in [2.75, 3.05) is 6.54 Å². The molecule has 1 aliphatic heterocycles. The number of aromatic nitrogens is 3. The van der Waals surface area contributed by atoms with Gasteiger partial charge in [-0.3, -0.25) is 9.69 Å². The molecule has 0 bridgehead atoms. The van der Waals surface area contributed by atoms with E-state index < -0.39 is 0 Å². The molecule has 1 aromatic carbocycles. The zero-order valence-corrected chi connectivity index (χ0v) is 14.3. The van der Waals surface area contributed by atoms with E-state index in [1.165, 1.54) is 12.8 Å². The first-order chi connectivity index (χ1) is 12.3. The van der Waals surface area contributed by atoms with Gasteiger partial charge in [-0.2, -0.15) is 0 Å². The van der Waals surface area contributed by atoms with Crippen LogP contribution in [-0.4, -0.2) is 38.2 Å². The maximum atomic E-state index is 12.9. The van der Waals surface area contributed by atoms with E-state index in [0.717, 1.165) is 43.1 Å². The fraction of sp³-hybridized carbons (Fsp3) is 0.526. The number of amides is 1. The Morgan fingerprint density at radius 2 is 1.88 bits per heavy atom. The lowest BCUT2D eigenvalue weighted by Gasteiger charge is -2.34. The lowest BCUT2D eigenvalue weighted by Crippen LogP contribution is -2.44. The largest absolute Gasteiger partial charge is 0.352 e. The van der Waals surface area contributed by atoms with Crippen LogP contribution in [0.4, 0.5) is 0 Å². The summed E-state index contributed by atoms with van der Waals surface area (Å²) in [6.07, 6.45) is 4.68. The molecule has 3 aliphatic rings. The Morgan fingerprint density at radius 1 is 1.08 bits per heavy atom. The van der Waals surface area contributed by atoms with Gasteiger partial charge in [0, 0.05) is 25.0 Å². The summed E-state index contributed by atoms with van der Waals surface area (Å²) in [7, 11) is 0. The molecule has 5 rings (SSSR count). The summed E-state index contributed by atoms with van der Waals surface area (Å²) in [5.41, 5.74) is 1.05. The molecule has 0 radical (unpaired) electrons. The van der Waals surface area contributed by atoms with Crippen molar-refractivity contribution in [1.29, 1.82) is 0 Å². The lowest BCUT2D eigenvalue weighted by atomic mass is 10.0. The van der Waals surface area contributed by atoms with Gasteiger partial charge in [-0.1, -0.05) is 30.3 Å².